The molecule has 0 aliphatic rings. The predicted octanol–water partition coefficient (Wildman–Crippen LogP) is 5.09. The Kier molecular flexibility index (Phi) is 5.31. The predicted molar refractivity (Wildman–Crippen MR) is 85.2 cm³/mol. The fourth-order valence-corrected chi connectivity index (χ4v) is 2.81. The van der Waals surface area contributed by atoms with E-state index in [0.717, 1.165) is 30.0 Å². The second-order valence-corrected chi connectivity index (χ2v) is 6.16. The number of aromatic nitrogens is 3. The van der Waals surface area contributed by atoms with Crippen molar-refractivity contribution in [2.45, 2.75) is 23.5 Å². The maximum atomic E-state index is 12.8. The molecule has 3 aromatic rings. The summed E-state index contributed by atoms with van der Waals surface area (Å²) in [6.07, 6.45) is -6.09. The minimum absolute atomic E-state index is 0.0328. The lowest BCUT2D eigenvalue weighted by Gasteiger charge is -2.07. The third kappa shape index (κ3) is 4.73. The molecule has 0 saturated heterocycles. The number of thioether (sulfide) groups is 1. The number of hydrogen-bond acceptors (Lipinski definition) is 6. The summed E-state index contributed by atoms with van der Waals surface area (Å²) in [6.45, 7) is 0. The number of nitrogens with zero attached hydrogens (tertiary/aromatic N) is 3. The lowest BCUT2D eigenvalue weighted by Crippen LogP contribution is -2.04. The number of halogens is 5. The van der Waals surface area contributed by atoms with Crippen LogP contribution in [0.15, 0.2) is 46.1 Å². The van der Waals surface area contributed by atoms with Crippen LogP contribution in [0.1, 0.15) is 23.6 Å². The quantitative estimate of drug-likeness (QED) is 0.364. The van der Waals surface area contributed by atoms with Gasteiger partial charge in [-0.2, -0.15) is 18.2 Å². The van der Waals surface area contributed by atoms with E-state index in [1.54, 1.807) is 0 Å². The minimum atomic E-state index is -4.48. The zero-order valence-electron chi connectivity index (χ0n) is 13.2. The van der Waals surface area contributed by atoms with E-state index in [2.05, 4.69) is 15.0 Å². The normalized spacial score (nSPS) is 11.9. The molecule has 11 heteroatoms. The van der Waals surface area contributed by atoms with Crippen LogP contribution in [0.25, 0.3) is 11.3 Å². The SMILES string of the molecule is Oc1cc(C(F)F)nc(SCc2ncc(-c3cccc(C(F)(F)F)c3)o2)n1. The Bertz CT molecular complexity index is 946. The Morgan fingerprint density at radius 2 is 1.93 bits per heavy atom. The number of hydrogen-bond donors (Lipinski definition) is 1. The van der Waals surface area contributed by atoms with Crippen LogP contribution in [0.3, 0.4) is 0 Å². The molecule has 0 spiro atoms. The van der Waals surface area contributed by atoms with Gasteiger partial charge in [0.1, 0.15) is 5.69 Å². The van der Waals surface area contributed by atoms with Crippen LogP contribution in [0.2, 0.25) is 0 Å². The van der Waals surface area contributed by atoms with Crippen LogP contribution in [-0.2, 0) is 11.9 Å². The Morgan fingerprint density at radius 1 is 1.15 bits per heavy atom. The van der Waals surface area contributed by atoms with Crippen molar-refractivity contribution in [2.24, 2.45) is 0 Å². The molecular formula is C16H10F5N3O2S. The number of alkyl halides is 5. The highest BCUT2D eigenvalue weighted by molar-refractivity contribution is 7.98. The van der Waals surface area contributed by atoms with E-state index in [1.165, 1.54) is 18.3 Å². The van der Waals surface area contributed by atoms with E-state index < -0.39 is 29.7 Å². The Balaban J connectivity index is 1.74. The first-order valence-corrected chi connectivity index (χ1v) is 8.32. The van der Waals surface area contributed by atoms with Gasteiger partial charge in [0.25, 0.3) is 6.43 Å². The summed E-state index contributed by atoms with van der Waals surface area (Å²) >= 11 is 0.883. The number of aromatic hydroxyl groups is 1. The fraction of sp³-hybridized carbons (Fsp3) is 0.188. The van der Waals surface area contributed by atoms with Crippen molar-refractivity contribution in [2.75, 3.05) is 0 Å². The highest BCUT2D eigenvalue weighted by Crippen LogP contribution is 2.33. The Hall–Kier alpha value is -2.69. The Labute approximate surface area is 153 Å². The highest BCUT2D eigenvalue weighted by atomic mass is 32.2. The van der Waals surface area contributed by atoms with Gasteiger partial charge in [-0.15, -0.1) is 0 Å². The molecule has 0 fully saturated rings. The van der Waals surface area contributed by atoms with Gasteiger partial charge >= 0.3 is 6.18 Å². The smallest absolute Gasteiger partial charge is 0.416 e. The Morgan fingerprint density at radius 3 is 2.63 bits per heavy atom. The molecule has 0 aliphatic heterocycles. The van der Waals surface area contributed by atoms with Gasteiger partial charge in [0, 0.05) is 11.6 Å². The van der Waals surface area contributed by atoms with Crippen LogP contribution in [-0.4, -0.2) is 20.1 Å². The first-order chi connectivity index (χ1) is 12.7. The average molecular weight is 403 g/mol. The van der Waals surface area contributed by atoms with E-state index in [1.807, 2.05) is 0 Å². The van der Waals surface area contributed by atoms with Crippen LogP contribution in [0.5, 0.6) is 5.88 Å². The molecule has 142 valence electrons. The van der Waals surface area contributed by atoms with Crippen molar-refractivity contribution in [3.63, 3.8) is 0 Å². The topological polar surface area (TPSA) is 72.0 Å². The number of rotatable bonds is 5. The summed E-state index contributed by atoms with van der Waals surface area (Å²) in [7, 11) is 0. The average Bonchev–Trinajstić information content (AvgIpc) is 3.08. The second-order valence-electron chi connectivity index (χ2n) is 5.22. The summed E-state index contributed by atoms with van der Waals surface area (Å²) in [5.74, 6) is -0.301. The van der Waals surface area contributed by atoms with E-state index in [4.69, 9.17) is 4.42 Å². The van der Waals surface area contributed by atoms with Crippen LogP contribution in [0, 0.1) is 0 Å². The van der Waals surface area contributed by atoms with Gasteiger partial charge in [-0.25, -0.2) is 18.7 Å². The third-order valence-electron chi connectivity index (χ3n) is 3.29. The molecule has 0 bridgehead atoms. The first kappa shape index (κ1) is 19.1. The van der Waals surface area contributed by atoms with Crippen LogP contribution >= 0.6 is 11.8 Å². The van der Waals surface area contributed by atoms with Crippen molar-refractivity contribution in [3.05, 3.63) is 53.7 Å². The van der Waals surface area contributed by atoms with Gasteiger partial charge in [-0.3, -0.25) is 0 Å². The molecule has 0 saturated carbocycles. The van der Waals surface area contributed by atoms with Crippen molar-refractivity contribution in [1.82, 2.24) is 15.0 Å². The first-order valence-electron chi connectivity index (χ1n) is 7.33. The van der Waals surface area contributed by atoms with E-state index >= 15 is 0 Å². The maximum absolute atomic E-state index is 12.8. The standard InChI is InChI=1S/C16H10F5N3O2S/c17-14(18)10-5-12(25)24-15(23-10)27-7-13-22-6-11(26-13)8-2-1-3-9(4-8)16(19,20)21/h1-6,14H,7H2,(H,23,24,25). The van der Waals surface area contributed by atoms with E-state index in [0.29, 0.717) is 0 Å². The number of benzene rings is 1. The molecule has 0 unspecified atom stereocenters. The molecule has 27 heavy (non-hydrogen) atoms. The summed E-state index contributed by atoms with van der Waals surface area (Å²) in [5.41, 5.74) is -1.25. The summed E-state index contributed by atoms with van der Waals surface area (Å²) < 4.78 is 69.1. The summed E-state index contributed by atoms with van der Waals surface area (Å²) in [6, 6.07) is 5.33. The molecule has 5 nitrogen and oxygen atoms in total. The molecule has 3 rings (SSSR count). The minimum Gasteiger partial charge on any atom is -0.493 e. The largest absolute Gasteiger partial charge is 0.493 e. The van der Waals surface area contributed by atoms with Gasteiger partial charge in [-0.1, -0.05) is 23.9 Å². The van der Waals surface area contributed by atoms with Gasteiger partial charge in [0.15, 0.2) is 10.9 Å². The zero-order valence-corrected chi connectivity index (χ0v) is 14.1. The molecule has 0 amide bonds. The van der Waals surface area contributed by atoms with Crippen molar-refractivity contribution < 1.29 is 31.5 Å². The molecule has 0 atom stereocenters. The van der Waals surface area contributed by atoms with Gasteiger partial charge < -0.3 is 9.52 Å². The summed E-state index contributed by atoms with van der Waals surface area (Å²) in [4.78, 5) is 11.2. The van der Waals surface area contributed by atoms with Crippen molar-refractivity contribution in [3.8, 4) is 17.2 Å². The highest BCUT2D eigenvalue weighted by Gasteiger charge is 2.30. The molecule has 2 aromatic heterocycles. The maximum Gasteiger partial charge on any atom is 0.416 e. The lowest BCUT2D eigenvalue weighted by molar-refractivity contribution is -0.137. The lowest BCUT2D eigenvalue weighted by atomic mass is 10.1. The summed E-state index contributed by atoms with van der Waals surface area (Å²) in [5, 5.41) is 9.25. The van der Waals surface area contributed by atoms with Crippen LogP contribution in [0.4, 0.5) is 22.0 Å². The van der Waals surface area contributed by atoms with E-state index in [-0.39, 0.29) is 28.1 Å². The van der Waals surface area contributed by atoms with Crippen molar-refractivity contribution >= 4 is 11.8 Å². The molecular weight excluding hydrogens is 393 g/mol. The van der Waals surface area contributed by atoms with Gasteiger partial charge in [-0.05, 0) is 12.1 Å². The zero-order chi connectivity index (χ0) is 19.6. The molecule has 1 N–H and O–H groups in total. The molecule has 1 aromatic carbocycles. The van der Waals surface area contributed by atoms with E-state index in [9.17, 15) is 27.1 Å². The fourth-order valence-electron chi connectivity index (χ4n) is 2.09. The van der Waals surface area contributed by atoms with Gasteiger partial charge in [0.05, 0.1) is 17.5 Å². The van der Waals surface area contributed by atoms with Crippen LogP contribution < -0.4 is 0 Å². The van der Waals surface area contributed by atoms with Crippen molar-refractivity contribution in [1.29, 1.82) is 0 Å². The second kappa shape index (κ2) is 7.51. The third-order valence-corrected chi connectivity index (χ3v) is 4.12. The van der Waals surface area contributed by atoms with Gasteiger partial charge in [0.2, 0.25) is 11.8 Å². The monoisotopic (exact) mass is 403 g/mol. The number of oxazole rings is 1. The molecule has 0 aliphatic carbocycles. The molecule has 2 heterocycles. The molecule has 0 radical (unpaired) electrons.